The Balaban J connectivity index is 1.21. The molecule has 0 fully saturated rings. The van der Waals surface area contributed by atoms with Crippen LogP contribution in [0.4, 0.5) is 0 Å². The van der Waals surface area contributed by atoms with Crippen molar-refractivity contribution in [3.63, 3.8) is 0 Å². The second-order valence-electron chi connectivity index (χ2n) is 14.6. The van der Waals surface area contributed by atoms with Gasteiger partial charge in [0.2, 0.25) is 0 Å². The third kappa shape index (κ3) is 4.12. The average Bonchev–Trinajstić information content (AvgIpc) is 3.74. The Labute approximate surface area is 318 Å². The lowest BCUT2D eigenvalue weighted by Crippen LogP contribution is -2.26. The van der Waals surface area contributed by atoms with Crippen molar-refractivity contribution < 1.29 is 0 Å². The minimum Gasteiger partial charge on any atom is -0.208 e. The van der Waals surface area contributed by atoms with Gasteiger partial charge < -0.3 is 0 Å². The van der Waals surface area contributed by atoms with Crippen LogP contribution in [0.25, 0.3) is 88.7 Å². The van der Waals surface area contributed by atoms with Gasteiger partial charge in [-0.3, -0.25) is 0 Å². The van der Waals surface area contributed by atoms with Crippen LogP contribution in [-0.2, 0) is 5.41 Å². The summed E-state index contributed by atoms with van der Waals surface area (Å²) in [5.74, 6) is 1.97. The van der Waals surface area contributed by atoms with E-state index in [9.17, 15) is 0 Å². The molecular formula is C52H31N3. The van der Waals surface area contributed by atoms with Crippen LogP contribution in [0, 0.1) is 0 Å². The molecule has 1 aromatic heterocycles. The molecule has 12 rings (SSSR count). The van der Waals surface area contributed by atoms with Crippen molar-refractivity contribution >= 4 is 32.3 Å². The zero-order valence-electron chi connectivity index (χ0n) is 29.7. The van der Waals surface area contributed by atoms with E-state index in [2.05, 4.69) is 152 Å². The highest BCUT2D eigenvalue weighted by atomic mass is 15.0. The summed E-state index contributed by atoms with van der Waals surface area (Å²) in [5.41, 5.74) is 12.6. The first-order chi connectivity index (χ1) is 27.3. The number of hydrogen-bond donors (Lipinski definition) is 0. The van der Waals surface area contributed by atoms with Crippen molar-refractivity contribution in [3.05, 3.63) is 210 Å². The summed E-state index contributed by atoms with van der Waals surface area (Å²) < 4.78 is 0. The zero-order valence-corrected chi connectivity index (χ0v) is 29.7. The van der Waals surface area contributed by atoms with E-state index >= 15 is 0 Å². The number of benzene rings is 9. The molecule has 2 aliphatic carbocycles. The van der Waals surface area contributed by atoms with Gasteiger partial charge in [-0.1, -0.05) is 182 Å². The normalized spacial score (nSPS) is 15.0. The number of aromatic nitrogens is 3. The summed E-state index contributed by atoms with van der Waals surface area (Å²) in [4.78, 5) is 15.4. The van der Waals surface area contributed by atoms with E-state index in [-0.39, 0.29) is 0 Å². The second-order valence-corrected chi connectivity index (χ2v) is 14.6. The van der Waals surface area contributed by atoms with Crippen LogP contribution < -0.4 is 0 Å². The van der Waals surface area contributed by atoms with Gasteiger partial charge in [-0.2, -0.15) is 0 Å². The van der Waals surface area contributed by atoms with E-state index < -0.39 is 5.41 Å². The van der Waals surface area contributed by atoms with Gasteiger partial charge in [0.05, 0.1) is 5.41 Å². The number of fused-ring (bicyclic) bond motifs is 17. The molecular weight excluding hydrogens is 667 g/mol. The Morgan fingerprint density at radius 1 is 0.291 bits per heavy atom. The predicted molar refractivity (Wildman–Crippen MR) is 225 cm³/mol. The van der Waals surface area contributed by atoms with E-state index in [1.807, 2.05) is 36.4 Å². The molecule has 3 heteroatoms. The van der Waals surface area contributed by atoms with Crippen molar-refractivity contribution in [1.29, 1.82) is 0 Å². The molecule has 10 aromatic rings. The molecule has 1 atom stereocenters. The fourth-order valence-electron chi connectivity index (χ4n) is 9.71. The quantitative estimate of drug-likeness (QED) is 0.173. The Kier molecular flexibility index (Phi) is 6.26. The molecule has 0 N–H and O–H groups in total. The summed E-state index contributed by atoms with van der Waals surface area (Å²) in [6.07, 6.45) is 0. The largest absolute Gasteiger partial charge is 0.208 e. The van der Waals surface area contributed by atoms with Crippen LogP contribution in [0.5, 0.6) is 0 Å². The summed E-state index contributed by atoms with van der Waals surface area (Å²) >= 11 is 0. The van der Waals surface area contributed by atoms with E-state index in [4.69, 9.17) is 15.0 Å². The van der Waals surface area contributed by atoms with Crippen LogP contribution in [0.15, 0.2) is 188 Å². The van der Waals surface area contributed by atoms with Gasteiger partial charge in [-0.05, 0) is 82.9 Å². The summed E-state index contributed by atoms with van der Waals surface area (Å²) in [5, 5.41) is 7.70. The van der Waals surface area contributed by atoms with Crippen molar-refractivity contribution in [3.8, 4) is 56.4 Å². The van der Waals surface area contributed by atoms with Gasteiger partial charge in [0.15, 0.2) is 17.5 Å². The standard InChI is InChI=1S/C52H31N3/c1-3-15-32(16-4-1)49-53-50(33-17-5-2-6-18-33)55-51(54-49)34-27-28-40-38-22-11-13-25-44(38)52(46(40)31-34)45-26-14-12-23-39(45)43-30-29-42-37-21-8-7-19-35(37)36-20-9-10-24-41(36)47(42)48(43)52/h1-31H. The summed E-state index contributed by atoms with van der Waals surface area (Å²) in [7, 11) is 0. The highest BCUT2D eigenvalue weighted by Gasteiger charge is 2.52. The number of hydrogen-bond acceptors (Lipinski definition) is 3. The SMILES string of the molecule is c1ccc(-c2nc(-c3ccccc3)nc(-c3ccc4c(c3)C3(c5ccccc5-4)c4ccccc4-c4ccc5c6ccccc6c6ccccc6c5c43)n2)cc1. The first-order valence-corrected chi connectivity index (χ1v) is 18.9. The first-order valence-electron chi connectivity index (χ1n) is 18.9. The van der Waals surface area contributed by atoms with Gasteiger partial charge >= 0.3 is 0 Å². The fraction of sp³-hybridized carbons (Fsp3) is 0.0192. The van der Waals surface area contributed by atoms with Gasteiger partial charge in [0.1, 0.15) is 0 Å². The van der Waals surface area contributed by atoms with Crippen molar-refractivity contribution in [2.75, 3.05) is 0 Å². The number of nitrogens with zero attached hydrogens (tertiary/aromatic N) is 3. The van der Waals surface area contributed by atoms with Gasteiger partial charge in [0, 0.05) is 16.7 Å². The van der Waals surface area contributed by atoms with Crippen molar-refractivity contribution in [2.45, 2.75) is 5.41 Å². The zero-order chi connectivity index (χ0) is 36.1. The summed E-state index contributed by atoms with van der Waals surface area (Å²) in [6.45, 7) is 0. The molecule has 0 radical (unpaired) electrons. The topological polar surface area (TPSA) is 38.7 Å². The van der Waals surface area contributed by atoms with Gasteiger partial charge in [0.25, 0.3) is 0 Å². The minimum atomic E-state index is -0.573. The lowest BCUT2D eigenvalue weighted by atomic mass is 9.68. The lowest BCUT2D eigenvalue weighted by Gasteiger charge is -2.32. The van der Waals surface area contributed by atoms with Gasteiger partial charge in [-0.25, -0.2) is 15.0 Å². The maximum Gasteiger partial charge on any atom is 0.164 e. The molecule has 1 spiro atoms. The smallest absolute Gasteiger partial charge is 0.164 e. The number of rotatable bonds is 3. The fourth-order valence-corrected chi connectivity index (χ4v) is 9.71. The molecule has 1 heterocycles. The molecule has 0 amide bonds. The van der Waals surface area contributed by atoms with E-state index in [1.165, 1.54) is 76.8 Å². The molecule has 9 aromatic carbocycles. The van der Waals surface area contributed by atoms with Crippen LogP contribution in [-0.4, -0.2) is 15.0 Å². The Bertz CT molecular complexity index is 3100. The van der Waals surface area contributed by atoms with Crippen molar-refractivity contribution in [2.24, 2.45) is 0 Å². The average molecular weight is 698 g/mol. The van der Waals surface area contributed by atoms with Crippen molar-refractivity contribution in [1.82, 2.24) is 15.0 Å². The Morgan fingerprint density at radius 2 is 0.709 bits per heavy atom. The summed E-state index contributed by atoms with van der Waals surface area (Å²) in [6, 6.07) is 68.0. The third-order valence-corrected chi connectivity index (χ3v) is 11.9. The van der Waals surface area contributed by atoms with Crippen LogP contribution in [0.3, 0.4) is 0 Å². The predicted octanol–water partition coefficient (Wildman–Crippen LogP) is 12.7. The molecule has 2 aliphatic rings. The highest BCUT2D eigenvalue weighted by Crippen LogP contribution is 2.65. The van der Waals surface area contributed by atoms with Gasteiger partial charge in [-0.15, -0.1) is 0 Å². The van der Waals surface area contributed by atoms with E-state index in [0.717, 1.165) is 16.7 Å². The maximum absolute atomic E-state index is 5.18. The maximum atomic E-state index is 5.18. The first kappa shape index (κ1) is 30.3. The molecule has 3 nitrogen and oxygen atoms in total. The van der Waals surface area contributed by atoms with Crippen LogP contribution >= 0.6 is 0 Å². The van der Waals surface area contributed by atoms with Crippen LogP contribution in [0.1, 0.15) is 22.3 Å². The van der Waals surface area contributed by atoms with E-state index in [0.29, 0.717) is 17.5 Å². The molecule has 254 valence electrons. The molecule has 0 saturated heterocycles. The molecule has 1 unspecified atom stereocenters. The molecule has 0 aliphatic heterocycles. The Morgan fingerprint density at radius 3 is 1.31 bits per heavy atom. The van der Waals surface area contributed by atoms with Crippen LogP contribution in [0.2, 0.25) is 0 Å². The Hall–Kier alpha value is -7.23. The third-order valence-electron chi connectivity index (χ3n) is 11.9. The lowest BCUT2D eigenvalue weighted by molar-refractivity contribution is 0.802. The monoisotopic (exact) mass is 697 g/mol. The van der Waals surface area contributed by atoms with E-state index in [1.54, 1.807) is 0 Å². The molecule has 55 heavy (non-hydrogen) atoms. The minimum absolute atomic E-state index is 0.573. The highest BCUT2D eigenvalue weighted by molar-refractivity contribution is 6.28. The molecule has 0 bridgehead atoms. The molecule has 0 saturated carbocycles. The second kappa shape index (κ2) is 11.4.